The second-order valence-corrected chi connectivity index (χ2v) is 4.24. The van der Waals surface area contributed by atoms with E-state index in [1.54, 1.807) is 12.4 Å². The Balaban J connectivity index is 2.05. The number of rotatable bonds is 2. The van der Waals surface area contributed by atoms with E-state index in [0.717, 1.165) is 15.8 Å². The molecule has 3 rings (SSSR count). The summed E-state index contributed by atoms with van der Waals surface area (Å²) in [6.45, 7) is 0. The van der Waals surface area contributed by atoms with E-state index in [0.29, 0.717) is 10.9 Å². The highest BCUT2D eigenvalue weighted by Gasteiger charge is 2.07. The van der Waals surface area contributed by atoms with Crippen LogP contribution in [0.4, 0.5) is 5.69 Å². The lowest BCUT2D eigenvalue weighted by Gasteiger charge is -2.02. The van der Waals surface area contributed by atoms with Crippen LogP contribution in [-0.4, -0.2) is 15.2 Å². The fourth-order valence-electron chi connectivity index (χ4n) is 1.43. The maximum Gasteiger partial charge on any atom is 0.260 e. The topological polar surface area (TPSA) is 80.7 Å². The number of oxazole rings is 1. The number of fused-ring (bicyclic) bond motifs is 1. The van der Waals surface area contributed by atoms with Crippen molar-refractivity contribution in [2.45, 2.75) is 10.1 Å². The Kier molecular flexibility index (Phi) is 2.07. The van der Waals surface area contributed by atoms with Crippen LogP contribution in [0.3, 0.4) is 0 Å². The van der Waals surface area contributed by atoms with E-state index in [2.05, 4.69) is 15.2 Å². The quantitative estimate of drug-likeness (QED) is 0.662. The lowest BCUT2D eigenvalue weighted by Crippen LogP contribution is -1.88. The normalized spacial score (nSPS) is 11.0. The summed E-state index contributed by atoms with van der Waals surface area (Å²) in [5, 5.41) is 8.42. The van der Waals surface area contributed by atoms with Gasteiger partial charge in [0.05, 0.1) is 17.9 Å². The van der Waals surface area contributed by atoms with Crippen LogP contribution in [0.5, 0.6) is 0 Å². The van der Waals surface area contributed by atoms with Crippen molar-refractivity contribution in [3.63, 3.8) is 0 Å². The molecular weight excluding hydrogens is 224 g/mol. The number of nitrogen functional groups attached to an aromatic ring is 1. The van der Waals surface area contributed by atoms with Gasteiger partial charge in [-0.25, -0.2) is 4.98 Å². The zero-order valence-corrected chi connectivity index (χ0v) is 8.99. The van der Waals surface area contributed by atoms with Gasteiger partial charge < -0.3 is 10.2 Å². The fourth-order valence-corrected chi connectivity index (χ4v) is 2.19. The number of H-pyrrole nitrogens is 1. The Morgan fingerprint density at radius 1 is 1.38 bits per heavy atom. The number of hydrogen-bond donors (Lipinski definition) is 2. The number of nitrogens with one attached hydrogen (secondary N) is 1. The van der Waals surface area contributed by atoms with E-state index in [1.165, 1.54) is 18.0 Å². The zero-order valence-electron chi connectivity index (χ0n) is 8.18. The van der Waals surface area contributed by atoms with Gasteiger partial charge in [0.15, 0.2) is 0 Å². The van der Waals surface area contributed by atoms with E-state index in [-0.39, 0.29) is 0 Å². The number of nitrogens with two attached hydrogens (primary N) is 1. The van der Waals surface area contributed by atoms with Crippen molar-refractivity contribution in [3.05, 3.63) is 30.8 Å². The molecule has 0 unspecified atom stereocenters. The van der Waals surface area contributed by atoms with Crippen LogP contribution >= 0.6 is 11.8 Å². The number of aromatic amines is 1. The molecule has 2 heterocycles. The summed E-state index contributed by atoms with van der Waals surface area (Å²) in [7, 11) is 0. The molecule has 0 amide bonds. The van der Waals surface area contributed by atoms with E-state index in [1.807, 2.05) is 12.1 Å². The molecule has 0 fully saturated rings. The third-order valence-corrected chi connectivity index (χ3v) is 3.13. The van der Waals surface area contributed by atoms with Crippen LogP contribution in [0.2, 0.25) is 0 Å². The summed E-state index contributed by atoms with van der Waals surface area (Å²) in [6, 6.07) is 3.82. The molecule has 0 saturated carbocycles. The Bertz CT molecular complexity index is 617. The lowest BCUT2D eigenvalue weighted by molar-refractivity contribution is 0.454. The minimum Gasteiger partial charge on any atom is -0.440 e. The molecule has 0 aliphatic rings. The molecule has 0 saturated heterocycles. The molecular formula is C10H8N4OS. The van der Waals surface area contributed by atoms with Gasteiger partial charge in [0.2, 0.25) is 0 Å². The molecule has 0 bridgehead atoms. The van der Waals surface area contributed by atoms with Crippen molar-refractivity contribution in [2.24, 2.45) is 0 Å². The van der Waals surface area contributed by atoms with Gasteiger partial charge >= 0.3 is 0 Å². The van der Waals surface area contributed by atoms with Crippen LogP contribution in [0, 0.1) is 0 Å². The summed E-state index contributed by atoms with van der Waals surface area (Å²) in [5.41, 5.74) is 7.57. The van der Waals surface area contributed by atoms with E-state index in [4.69, 9.17) is 10.2 Å². The highest BCUT2D eigenvalue weighted by atomic mass is 32.2. The molecule has 5 nitrogen and oxygen atoms in total. The number of nitrogens with zero attached hydrogens (tertiary/aromatic N) is 2. The van der Waals surface area contributed by atoms with Crippen molar-refractivity contribution in [2.75, 3.05) is 5.73 Å². The highest BCUT2D eigenvalue weighted by Crippen LogP contribution is 2.33. The average molecular weight is 232 g/mol. The lowest BCUT2D eigenvalue weighted by atomic mass is 10.2. The van der Waals surface area contributed by atoms with Gasteiger partial charge in [0.1, 0.15) is 6.26 Å². The van der Waals surface area contributed by atoms with Crippen LogP contribution in [0.1, 0.15) is 0 Å². The maximum atomic E-state index is 5.93. The van der Waals surface area contributed by atoms with Crippen LogP contribution in [0.25, 0.3) is 10.9 Å². The maximum absolute atomic E-state index is 5.93. The van der Waals surface area contributed by atoms with Gasteiger partial charge in [-0.05, 0) is 23.9 Å². The fraction of sp³-hybridized carbons (Fsp3) is 0. The van der Waals surface area contributed by atoms with Crippen LogP contribution in [-0.2, 0) is 0 Å². The summed E-state index contributed by atoms with van der Waals surface area (Å²) in [4.78, 5) is 4.94. The summed E-state index contributed by atoms with van der Waals surface area (Å²) in [6.07, 6.45) is 4.88. The largest absolute Gasteiger partial charge is 0.440 e. The standard InChI is InChI=1S/C10H8N4OS/c11-7-3-6-5-13-14-8(6)4-9(7)16-10-12-1-2-15-10/h1-5H,11H2,(H,13,14). The molecule has 0 atom stereocenters. The van der Waals surface area contributed by atoms with Gasteiger partial charge in [-0.2, -0.15) is 5.10 Å². The molecule has 0 aliphatic heterocycles. The Morgan fingerprint density at radius 2 is 2.31 bits per heavy atom. The second kappa shape index (κ2) is 3.57. The van der Waals surface area contributed by atoms with Gasteiger partial charge in [0.25, 0.3) is 5.22 Å². The van der Waals surface area contributed by atoms with E-state index < -0.39 is 0 Å². The molecule has 3 aromatic rings. The molecule has 6 heteroatoms. The monoisotopic (exact) mass is 232 g/mol. The van der Waals surface area contributed by atoms with Gasteiger partial charge in [-0.1, -0.05) is 0 Å². The summed E-state index contributed by atoms with van der Waals surface area (Å²) >= 11 is 1.39. The van der Waals surface area contributed by atoms with Crippen molar-refractivity contribution in [1.82, 2.24) is 15.2 Å². The van der Waals surface area contributed by atoms with Crippen LogP contribution in [0.15, 0.2) is 45.3 Å². The first-order valence-electron chi connectivity index (χ1n) is 4.63. The molecule has 16 heavy (non-hydrogen) atoms. The summed E-state index contributed by atoms with van der Waals surface area (Å²) in [5.74, 6) is 0. The molecule has 0 radical (unpaired) electrons. The highest BCUT2D eigenvalue weighted by molar-refractivity contribution is 7.99. The van der Waals surface area contributed by atoms with Crippen molar-refractivity contribution >= 4 is 28.4 Å². The van der Waals surface area contributed by atoms with Crippen molar-refractivity contribution in [1.29, 1.82) is 0 Å². The Morgan fingerprint density at radius 3 is 3.12 bits per heavy atom. The van der Waals surface area contributed by atoms with Crippen molar-refractivity contribution < 1.29 is 4.42 Å². The third kappa shape index (κ3) is 1.53. The van der Waals surface area contributed by atoms with Crippen LogP contribution < -0.4 is 5.73 Å². The van der Waals surface area contributed by atoms with Gasteiger partial charge in [-0.3, -0.25) is 5.10 Å². The number of aromatic nitrogens is 3. The van der Waals surface area contributed by atoms with Gasteiger partial charge in [0, 0.05) is 16.0 Å². The first-order chi connectivity index (χ1) is 7.83. The average Bonchev–Trinajstić information content (AvgIpc) is 2.89. The summed E-state index contributed by atoms with van der Waals surface area (Å²) < 4.78 is 5.16. The minimum absolute atomic E-state index is 0.575. The number of anilines is 1. The van der Waals surface area contributed by atoms with Gasteiger partial charge in [-0.15, -0.1) is 0 Å². The molecule has 3 N–H and O–H groups in total. The first-order valence-corrected chi connectivity index (χ1v) is 5.44. The smallest absolute Gasteiger partial charge is 0.260 e. The van der Waals surface area contributed by atoms with E-state index >= 15 is 0 Å². The third-order valence-electron chi connectivity index (χ3n) is 2.18. The molecule has 1 aromatic carbocycles. The van der Waals surface area contributed by atoms with E-state index in [9.17, 15) is 0 Å². The minimum atomic E-state index is 0.575. The predicted octanol–water partition coefficient (Wildman–Crippen LogP) is 2.28. The van der Waals surface area contributed by atoms with Crippen molar-refractivity contribution in [3.8, 4) is 0 Å². The Labute approximate surface area is 95.0 Å². The molecule has 80 valence electrons. The Hall–Kier alpha value is -1.95. The second-order valence-electron chi connectivity index (χ2n) is 3.25. The zero-order chi connectivity index (χ0) is 11.0. The SMILES string of the molecule is Nc1cc2cn[nH]c2cc1Sc1ncco1. The molecule has 0 spiro atoms. The number of benzene rings is 1. The molecule has 2 aromatic heterocycles. The predicted molar refractivity (Wildman–Crippen MR) is 61.1 cm³/mol. The first kappa shape index (κ1) is 9.29. The number of hydrogen-bond acceptors (Lipinski definition) is 5. The molecule has 0 aliphatic carbocycles.